The molecule has 0 radical (unpaired) electrons. The van der Waals surface area contributed by atoms with Crippen LogP contribution < -0.4 is 17.0 Å². The Hall–Kier alpha value is -2.18. The number of thiophene rings is 1. The van der Waals surface area contributed by atoms with E-state index in [1.165, 1.54) is 15.9 Å². The lowest BCUT2D eigenvalue weighted by Crippen LogP contribution is -2.36. The van der Waals surface area contributed by atoms with Crippen molar-refractivity contribution in [3.05, 3.63) is 56.0 Å². The van der Waals surface area contributed by atoms with Crippen LogP contribution in [0.2, 0.25) is 0 Å². The summed E-state index contributed by atoms with van der Waals surface area (Å²) in [6.07, 6.45) is 0. The summed E-state index contributed by atoms with van der Waals surface area (Å²) >= 11 is 1.43. The Labute approximate surface area is 124 Å². The maximum atomic E-state index is 12.6. The second kappa shape index (κ2) is 5.31. The van der Waals surface area contributed by atoms with Crippen LogP contribution in [0.25, 0.3) is 21.3 Å². The van der Waals surface area contributed by atoms with Crippen molar-refractivity contribution in [1.82, 2.24) is 9.55 Å². The third-order valence-electron chi connectivity index (χ3n) is 3.42. The van der Waals surface area contributed by atoms with Crippen LogP contribution in [-0.2, 0) is 6.54 Å². The number of aryl methyl sites for hydroxylation is 1. The lowest BCUT2D eigenvalue weighted by Gasteiger charge is -2.04. The van der Waals surface area contributed by atoms with Gasteiger partial charge in [0.1, 0.15) is 4.83 Å². The monoisotopic (exact) mass is 301 g/mol. The van der Waals surface area contributed by atoms with Crippen molar-refractivity contribution in [1.29, 1.82) is 0 Å². The first-order valence-corrected chi connectivity index (χ1v) is 7.47. The molecule has 2 heterocycles. The van der Waals surface area contributed by atoms with Gasteiger partial charge in [0.25, 0.3) is 5.56 Å². The van der Waals surface area contributed by atoms with Crippen molar-refractivity contribution in [3.63, 3.8) is 0 Å². The van der Waals surface area contributed by atoms with E-state index >= 15 is 0 Å². The van der Waals surface area contributed by atoms with Crippen LogP contribution in [0.1, 0.15) is 4.88 Å². The second-order valence-electron chi connectivity index (χ2n) is 4.78. The largest absolute Gasteiger partial charge is 0.329 e. The minimum atomic E-state index is -0.404. The minimum Gasteiger partial charge on any atom is -0.329 e. The maximum Gasteiger partial charge on any atom is 0.329 e. The number of nitrogens with two attached hydrogens (primary N) is 1. The van der Waals surface area contributed by atoms with Gasteiger partial charge in [-0.1, -0.05) is 30.3 Å². The zero-order valence-electron chi connectivity index (χ0n) is 11.6. The lowest BCUT2D eigenvalue weighted by atomic mass is 10.0. The molecule has 0 amide bonds. The minimum absolute atomic E-state index is 0.216. The summed E-state index contributed by atoms with van der Waals surface area (Å²) in [6.45, 7) is 2.42. The number of aromatic nitrogens is 2. The number of hydrogen-bond donors (Lipinski definition) is 2. The Morgan fingerprint density at radius 3 is 2.62 bits per heavy atom. The highest BCUT2D eigenvalue weighted by atomic mass is 32.1. The van der Waals surface area contributed by atoms with Crippen LogP contribution in [-0.4, -0.2) is 16.1 Å². The highest BCUT2D eigenvalue weighted by Crippen LogP contribution is 2.34. The molecule has 3 N–H and O–H groups in total. The van der Waals surface area contributed by atoms with Gasteiger partial charge in [0.05, 0.1) is 5.39 Å². The summed E-state index contributed by atoms with van der Waals surface area (Å²) in [7, 11) is 0. The van der Waals surface area contributed by atoms with E-state index in [4.69, 9.17) is 5.73 Å². The topological polar surface area (TPSA) is 80.9 Å². The first-order valence-electron chi connectivity index (χ1n) is 6.65. The molecule has 5 nitrogen and oxygen atoms in total. The number of benzene rings is 1. The van der Waals surface area contributed by atoms with E-state index in [0.29, 0.717) is 10.2 Å². The average molecular weight is 301 g/mol. The molecule has 108 valence electrons. The van der Waals surface area contributed by atoms with Gasteiger partial charge in [-0.3, -0.25) is 14.3 Å². The van der Waals surface area contributed by atoms with E-state index in [2.05, 4.69) is 4.98 Å². The van der Waals surface area contributed by atoms with E-state index in [1.54, 1.807) is 0 Å². The van der Waals surface area contributed by atoms with Gasteiger partial charge < -0.3 is 5.73 Å². The van der Waals surface area contributed by atoms with E-state index in [0.717, 1.165) is 16.0 Å². The van der Waals surface area contributed by atoms with E-state index in [1.807, 2.05) is 37.3 Å². The molecule has 0 spiro atoms. The molecular weight excluding hydrogens is 286 g/mol. The van der Waals surface area contributed by atoms with Crippen molar-refractivity contribution in [2.45, 2.75) is 13.5 Å². The van der Waals surface area contributed by atoms with E-state index < -0.39 is 5.69 Å². The first kappa shape index (κ1) is 13.8. The molecule has 0 aliphatic rings. The number of H-pyrrole nitrogens is 1. The molecule has 0 saturated carbocycles. The van der Waals surface area contributed by atoms with Crippen LogP contribution in [0.15, 0.2) is 39.9 Å². The standard InChI is InChI=1S/C15H15N3O2S/c1-9-11(10-5-3-2-4-6-10)12-13(21-9)17-15(20)18(8-7-16)14(12)19/h2-6H,7-8,16H2,1H3,(H,17,20). The molecule has 1 aromatic carbocycles. The van der Waals surface area contributed by atoms with Gasteiger partial charge in [0, 0.05) is 23.5 Å². The summed E-state index contributed by atoms with van der Waals surface area (Å²) < 4.78 is 1.17. The molecule has 0 aliphatic carbocycles. The summed E-state index contributed by atoms with van der Waals surface area (Å²) in [5.74, 6) is 0. The van der Waals surface area contributed by atoms with Crippen LogP contribution in [0.4, 0.5) is 0 Å². The second-order valence-corrected chi connectivity index (χ2v) is 6.00. The molecule has 0 fully saturated rings. The van der Waals surface area contributed by atoms with Crippen LogP contribution in [0.3, 0.4) is 0 Å². The predicted octanol–water partition coefficient (Wildman–Crippen LogP) is 1.69. The summed E-state index contributed by atoms with van der Waals surface area (Å²) in [5.41, 5.74) is 6.68. The van der Waals surface area contributed by atoms with Gasteiger partial charge in [-0.15, -0.1) is 11.3 Å². The Morgan fingerprint density at radius 2 is 1.95 bits per heavy atom. The number of nitrogens with zero attached hydrogens (tertiary/aromatic N) is 1. The molecule has 3 aromatic rings. The zero-order valence-corrected chi connectivity index (χ0v) is 12.4. The van der Waals surface area contributed by atoms with Gasteiger partial charge in [0.2, 0.25) is 0 Å². The highest BCUT2D eigenvalue weighted by Gasteiger charge is 2.17. The number of rotatable bonds is 3. The van der Waals surface area contributed by atoms with Gasteiger partial charge in [0.15, 0.2) is 0 Å². The molecule has 6 heteroatoms. The molecule has 0 atom stereocenters. The molecule has 0 saturated heterocycles. The zero-order chi connectivity index (χ0) is 15.0. The SMILES string of the molecule is Cc1sc2[nH]c(=O)n(CCN)c(=O)c2c1-c1ccccc1. The van der Waals surface area contributed by atoms with Crippen molar-refractivity contribution >= 4 is 21.6 Å². The fourth-order valence-corrected chi connectivity index (χ4v) is 3.57. The van der Waals surface area contributed by atoms with E-state index in [9.17, 15) is 9.59 Å². The molecule has 2 aromatic heterocycles. The fourth-order valence-electron chi connectivity index (χ4n) is 2.51. The molecular formula is C15H15N3O2S. The highest BCUT2D eigenvalue weighted by molar-refractivity contribution is 7.19. The molecule has 0 aliphatic heterocycles. The summed E-state index contributed by atoms with van der Waals surface area (Å²) in [4.78, 5) is 29.0. The summed E-state index contributed by atoms with van der Waals surface area (Å²) in [6, 6.07) is 9.73. The van der Waals surface area contributed by atoms with Crippen LogP contribution >= 0.6 is 11.3 Å². The quantitative estimate of drug-likeness (QED) is 0.772. The normalized spacial score (nSPS) is 11.1. The Bertz CT molecular complexity index is 906. The number of hydrogen-bond acceptors (Lipinski definition) is 4. The Morgan fingerprint density at radius 1 is 1.24 bits per heavy atom. The van der Waals surface area contributed by atoms with E-state index in [-0.39, 0.29) is 18.6 Å². The van der Waals surface area contributed by atoms with Crippen LogP contribution in [0, 0.1) is 6.92 Å². The first-order chi connectivity index (χ1) is 10.1. The van der Waals surface area contributed by atoms with Gasteiger partial charge in [-0.05, 0) is 12.5 Å². The maximum absolute atomic E-state index is 12.6. The molecule has 3 rings (SSSR count). The van der Waals surface area contributed by atoms with Crippen LogP contribution in [0.5, 0.6) is 0 Å². The number of nitrogens with one attached hydrogen (secondary N) is 1. The lowest BCUT2D eigenvalue weighted by molar-refractivity contribution is 0.647. The Kier molecular flexibility index (Phi) is 3.48. The molecule has 0 bridgehead atoms. The molecule has 21 heavy (non-hydrogen) atoms. The van der Waals surface area contributed by atoms with Gasteiger partial charge >= 0.3 is 5.69 Å². The number of fused-ring (bicyclic) bond motifs is 1. The predicted molar refractivity (Wildman–Crippen MR) is 85.9 cm³/mol. The third-order valence-corrected chi connectivity index (χ3v) is 4.44. The third kappa shape index (κ3) is 2.22. The van der Waals surface area contributed by atoms with Crippen molar-refractivity contribution in [2.24, 2.45) is 5.73 Å². The van der Waals surface area contributed by atoms with Gasteiger partial charge in [-0.2, -0.15) is 0 Å². The smallest absolute Gasteiger partial charge is 0.329 e. The average Bonchev–Trinajstić information content (AvgIpc) is 2.80. The van der Waals surface area contributed by atoms with Crippen molar-refractivity contribution < 1.29 is 0 Å². The summed E-state index contributed by atoms with van der Waals surface area (Å²) in [5, 5.41) is 0.566. The Balaban J connectivity index is 2.41. The van der Waals surface area contributed by atoms with Crippen molar-refractivity contribution in [3.8, 4) is 11.1 Å². The fraction of sp³-hybridized carbons (Fsp3) is 0.200. The van der Waals surface area contributed by atoms with Gasteiger partial charge in [-0.25, -0.2) is 4.79 Å². The van der Waals surface area contributed by atoms with Crippen molar-refractivity contribution in [2.75, 3.05) is 6.54 Å². The molecule has 0 unspecified atom stereocenters. The number of aromatic amines is 1.